The van der Waals surface area contributed by atoms with E-state index >= 15 is 0 Å². The first-order valence-electron chi connectivity index (χ1n) is 7.69. The second-order valence-electron chi connectivity index (χ2n) is 5.06. The molecule has 0 spiro atoms. The maximum absolute atomic E-state index is 10.8. The number of rotatable bonds is 9. The molecule has 25 heavy (non-hydrogen) atoms. The number of methoxy groups -OCH3 is 1. The van der Waals surface area contributed by atoms with Crippen molar-refractivity contribution in [1.29, 1.82) is 0 Å². The predicted molar refractivity (Wildman–Crippen MR) is 97.0 cm³/mol. The second-order valence-corrected chi connectivity index (χ2v) is 5.06. The lowest BCUT2D eigenvalue weighted by Gasteiger charge is -2.11. The van der Waals surface area contributed by atoms with Gasteiger partial charge in [-0.1, -0.05) is 36.9 Å². The van der Waals surface area contributed by atoms with Gasteiger partial charge in [-0.3, -0.25) is 0 Å². The van der Waals surface area contributed by atoms with E-state index in [4.69, 9.17) is 19.3 Å². The van der Waals surface area contributed by atoms with Crippen LogP contribution in [0.5, 0.6) is 11.5 Å². The van der Waals surface area contributed by atoms with Crippen molar-refractivity contribution in [1.82, 2.24) is 0 Å². The van der Waals surface area contributed by atoms with Crippen molar-refractivity contribution in [2.45, 2.75) is 0 Å². The van der Waals surface area contributed by atoms with Crippen LogP contribution in [0.1, 0.15) is 21.5 Å². The summed E-state index contributed by atoms with van der Waals surface area (Å²) in [5.74, 6) is 0.328. The molecule has 2 aromatic rings. The zero-order chi connectivity index (χ0) is 18.1. The van der Waals surface area contributed by atoms with Crippen LogP contribution >= 0.6 is 0 Å². The highest BCUT2D eigenvalue weighted by Gasteiger charge is 2.05. The highest BCUT2D eigenvalue weighted by Crippen LogP contribution is 2.28. The molecule has 2 aromatic carbocycles. The summed E-state index contributed by atoms with van der Waals surface area (Å²) in [5.41, 5.74) is 2.11. The van der Waals surface area contributed by atoms with Crippen LogP contribution in [0.2, 0.25) is 0 Å². The SMILES string of the molecule is C=COCCOc1ccc(C=Cc2ccc(C(=O)O)cc2)cc1OC. The molecule has 0 unspecified atom stereocenters. The lowest BCUT2D eigenvalue weighted by Crippen LogP contribution is -2.04. The Labute approximate surface area is 146 Å². The van der Waals surface area contributed by atoms with Crippen LogP contribution in [0.3, 0.4) is 0 Å². The first-order valence-corrected chi connectivity index (χ1v) is 7.69. The summed E-state index contributed by atoms with van der Waals surface area (Å²) in [6.45, 7) is 4.28. The fourth-order valence-electron chi connectivity index (χ4n) is 2.12. The summed E-state index contributed by atoms with van der Waals surface area (Å²) in [5, 5.41) is 8.90. The van der Waals surface area contributed by atoms with Crippen molar-refractivity contribution in [2.24, 2.45) is 0 Å². The Balaban J connectivity index is 2.06. The van der Waals surface area contributed by atoms with Crippen LogP contribution in [-0.2, 0) is 4.74 Å². The molecule has 0 saturated carbocycles. The molecule has 0 fully saturated rings. The van der Waals surface area contributed by atoms with E-state index < -0.39 is 5.97 Å². The van der Waals surface area contributed by atoms with E-state index in [1.54, 1.807) is 31.4 Å². The van der Waals surface area contributed by atoms with E-state index in [1.807, 2.05) is 30.4 Å². The van der Waals surface area contributed by atoms with Crippen LogP contribution in [0.4, 0.5) is 0 Å². The molecular formula is C20H20O5. The number of aromatic carboxylic acids is 1. The van der Waals surface area contributed by atoms with Crippen molar-refractivity contribution >= 4 is 18.1 Å². The molecule has 0 aliphatic carbocycles. The quantitative estimate of drug-likeness (QED) is 0.423. The molecule has 0 atom stereocenters. The molecule has 2 rings (SSSR count). The van der Waals surface area contributed by atoms with Crippen LogP contribution in [0.25, 0.3) is 12.2 Å². The van der Waals surface area contributed by atoms with Gasteiger partial charge >= 0.3 is 5.97 Å². The van der Waals surface area contributed by atoms with E-state index in [0.717, 1.165) is 11.1 Å². The van der Waals surface area contributed by atoms with Crippen molar-refractivity contribution in [3.63, 3.8) is 0 Å². The molecular weight excluding hydrogens is 320 g/mol. The van der Waals surface area contributed by atoms with Crippen LogP contribution in [-0.4, -0.2) is 31.4 Å². The van der Waals surface area contributed by atoms with Gasteiger partial charge in [0.15, 0.2) is 11.5 Å². The van der Waals surface area contributed by atoms with Crippen molar-refractivity contribution < 1.29 is 24.1 Å². The monoisotopic (exact) mass is 340 g/mol. The Morgan fingerprint density at radius 1 is 1.04 bits per heavy atom. The van der Waals surface area contributed by atoms with Gasteiger partial charge in [0.25, 0.3) is 0 Å². The summed E-state index contributed by atoms with van der Waals surface area (Å²) in [6, 6.07) is 12.3. The summed E-state index contributed by atoms with van der Waals surface area (Å²) in [4.78, 5) is 10.8. The smallest absolute Gasteiger partial charge is 0.335 e. The second kappa shape index (κ2) is 9.17. The third kappa shape index (κ3) is 5.42. The average Bonchev–Trinajstić information content (AvgIpc) is 2.64. The Hall–Kier alpha value is -3.21. The van der Waals surface area contributed by atoms with Crippen LogP contribution in [0.15, 0.2) is 55.3 Å². The minimum atomic E-state index is -0.936. The maximum atomic E-state index is 10.8. The number of carbonyl (C=O) groups is 1. The number of carboxylic acid groups (broad SMARTS) is 1. The maximum Gasteiger partial charge on any atom is 0.335 e. The molecule has 0 aromatic heterocycles. The first-order chi connectivity index (χ1) is 12.1. The van der Waals surface area contributed by atoms with Gasteiger partial charge in [0, 0.05) is 0 Å². The van der Waals surface area contributed by atoms with Crippen molar-refractivity contribution in [2.75, 3.05) is 20.3 Å². The van der Waals surface area contributed by atoms with Gasteiger partial charge in [0.1, 0.15) is 13.2 Å². The minimum absolute atomic E-state index is 0.265. The lowest BCUT2D eigenvalue weighted by atomic mass is 10.1. The van der Waals surface area contributed by atoms with Gasteiger partial charge in [-0.25, -0.2) is 4.79 Å². The third-order valence-corrected chi connectivity index (χ3v) is 3.39. The molecule has 5 heteroatoms. The molecule has 5 nitrogen and oxygen atoms in total. The molecule has 0 aliphatic heterocycles. The molecule has 1 N–H and O–H groups in total. The molecule has 0 aliphatic rings. The predicted octanol–water partition coefficient (Wildman–Crippen LogP) is 4.10. The van der Waals surface area contributed by atoms with E-state index in [1.165, 1.54) is 6.26 Å². The van der Waals surface area contributed by atoms with Gasteiger partial charge < -0.3 is 19.3 Å². The molecule has 0 radical (unpaired) electrons. The topological polar surface area (TPSA) is 65.0 Å². The Bertz CT molecular complexity index is 747. The molecule has 0 saturated heterocycles. The van der Waals surface area contributed by atoms with Crippen molar-refractivity contribution in [3.05, 3.63) is 72.0 Å². The lowest BCUT2D eigenvalue weighted by molar-refractivity contribution is 0.0697. The Kier molecular flexibility index (Phi) is 6.65. The molecule has 130 valence electrons. The molecule has 0 bridgehead atoms. The summed E-state index contributed by atoms with van der Waals surface area (Å²) >= 11 is 0. The minimum Gasteiger partial charge on any atom is -0.498 e. The largest absolute Gasteiger partial charge is 0.498 e. The van der Waals surface area contributed by atoms with E-state index in [9.17, 15) is 4.79 Å². The highest BCUT2D eigenvalue weighted by atomic mass is 16.5. The number of hydrogen-bond donors (Lipinski definition) is 1. The first kappa shape index (κ1) is 18.1. The fraction of sp³-hybridized carbons (Fsp3) is 0.150. The normalized spacial score (nSPS) is 10.4. The van der Waals surface area contributed by atoms with Gasteiger partial charge in [-0.2, -0.15) is 0 Å². The van der Waals surface area contributed by atoms with Gasteiger partial charge in [-0.15, -0.1) is 0 Å². The summed E-state index contributed by atoms with van der Waals surface area (Å²) < 4.78 is 16.0. The van der Waals surface area contributed by atoms with Crippen LogP contribution < -0.4 is 9.47 Å². The standard InChI is InChI=1S/C20H20O5/c1-3-24-12-13-25-18-11-8-16(14-19(18)23-2)5-4-15-6-9-17(10-7-15)20(21)22/h3-11,14H,1,12-13H2,2H3,(H,21,22). The zero-order valence-electron chi connectivity index (χ0n) is 14.0. The number of ether oxygens (including phenoxy) is 3. The van der Waals surface area contributed by atoms with Crippen molar-refractivity contribution in [3.8, 4) is 11.5 Å². The average molecular weight is 340 g/mol. The van der Waals surface area contributed by atoms with Gasteiger partial charge in [-0.05, 0) is 35.4 Å². The van der Waals surface area contributed by atoms with E-state index in [-0.39, 0.29) is 5.56 Å². The Morgan fingerprint density at radius 3 is 2.36 bits per heavy atom. The number of benzene rings is 2. The fourth-order valence-corrected chi connectivity index (χ4v) is 2.12. The van der Waals surface area contributed by atoms with Gasteiger partial charge in [0.05, 0.1) is 18.9 Å². The summed E-state index contributed by atoms with van der Waals surface area (Å²) in [7, 11) is 1.58. The highest BCUT2D eigenvalue weighted by molar-refractivity contribution is 5.88. The molecule has 0 amide bonds. The Morgan fingerprint density at radius 2 is 1.72 bits per heavy atom. The molecule has 0 heterocycles. The number of hydrogen-bond acceptors (Lipinski definition) is 4. The van der Waals surface area contributed by atoms with Gasteiger partial charge in [0.2, 0.25) is 0 Å². The third-order valence-electron chi connectivity index (χ3n) is 3.39. The number of carboxylic acids is 1. The van der Waals surface area contributed by atoms with Crippen LogP contribution in [0, 0.1) is 0 Å². The summed E-state index contributed by atoms with van der Waals surface area (Å²) in [6.07, 6.45) is 5.19. The van der Waals surface area contributed by atoms with E-state index in [2.05, 4.69) is 6.58 Å². The zero-order valence-corrected chi connectivity index (χ0v) is 14.0. The van der Waals surface area contributed by atoms with E-state index in [0.29, 0.717) is 24.7 Å².